The summed E-state index contributed by atoms with van der Waals surface area (Å²) in [6, 6.07) is 20.5. The summed E-state index contributed by atoms with van der Waals surface area (Å²) in [6.45, 7) is 0. The van der Waals surface area contributed by atoms with Crippen LogP contribution in [-0.2, 0) is 0 Å². The van der Waals surface area contributed by atoms with E-state index in [0.29, 0.717) is 17.0 Å². The van der Waals surface area contributed by atoms with E-state index in [1.165, 1.54) is 0 Å². The van der Waals surface area contributed by atoms with Crippen molar-refractivity contribution in [3.63, 3.8) is 0 Å². The minimum Gasteiger partial charge on any atom is -0.507 e. The van der Waals surface area contributed by atoms with Crippen LogP contribution in [0.15, 0.2) is 80.6 Å². The third-order valence-electron chi connectivity index (χ3n) is 3.74. The molecule has 3 aromatic carbocycles. The quantitative estimate of drug-likeness (QED) is 0.454. The van der Waals surface area contributed by atoms with Gasteiger partial charge in [0.15, 0.2) is 5.58 Å². The number of phenolic OH excluding ortho intramolecular Hbond substituents is 1. The molecule has 0 aliphatic carbocycles. The largest absolute Gasteiger partial charge is 0.507 e. The van der Waals surface area contributed by atoms with Crippen molar-refractivity contribution in [2.45, 2.75) is 0 Å². The zero-order valence-corrected chi connectivity index (χ0v) is 14.6. The van der Waals surface area contributed by atoms with Crippen molar-refractivity contribution < 1.29 is 9.52 Å². The number of hydrogen-bond donors (Lipinski definition) is 1. The van der Waals surface area contributed by atoms with Crippen LogP contribution < -0.4 is 0 Å². The van der Waals surface area contributed by atoms with E-state index in [0.717, 1.165) is 21.2 Å². The van der Waals surface area contributed by atoms with Gasteiger partial charge in [-0.1, -0.05) is 34.1 Å². The van der Waals surface area contributed by atoms with Crippen LogP contribution in [0.1, 0.15) is 5.56 Å². The number of benzene rings is 3. The van der Waals surface area contributed by atoms with Gasteiger partial charge in [0.05, 0.1) is 5.69 Å². The summed E-state index contributed by atoms with van der Waals surface area (Å²) in [7, 11) is 0. The minimum absolute atomic E-state index is 0.180. The molecule has 0 saturated carbocycles. The van der Waals surface area contributed by atoms with E-state index in [4.69, 9.17) is 4.42 Å². The minimum atomic E-state index is 0.180. The normalized spacial score (nSPS) is 11.4. The molecule has 0 spiro atoms. The average molecular weight is 393 g/mol. The Hall–Kier alpha value is -2.92. The molecule has 0 fully saturated rings. The van der Waals surface area contributed by atoms with Crippen LogP contribution in [0.3, 0.4) is 0 Å². The van der Waals surface area contributed by atoms with Gasteiger partial charge in [-0.15, -0.1) is 0 Å². The Morgan fingerprint density at radius 3 is 2.68 bits per heavy atom. The fourth-order valence-electron chi connectivity index (χ4n) is 2.47. The fraction of sp³-hybridized carbons (Fsp3) is 0. The van der Waals surface area contributed by atoms with E-state index in [1.54, 1.807) is 24.4 Å². The molecule has 0 aliphatic heterocycles. The molecule has 5 heteroatoms. The number of nitrogens with zero attached hydrogens (tertiary/aromatic N) is 2. The topological polar surface area (TPSA) is 58.6 Å². The molecule has 0 bridgehead atoms. The highest BCUT2D eigenvalue weighted by molar-refractivity contribution is 9.10. The lowest BCUT2D eigenvalue weighted by Crippen LogP contribution is -1.82. The fourth-order valence-corrected chi connectivity index (χ4v) is 2.85. The molecule has 4 rings (SSSR count). The smallest absolute Gasteiger partial charge is 0.227 e. The first kappa shape index (κ1) is 15.6. The number of aromatic hydroxyl groups is 1. The molecular weight excluding hydrogens is 380 g/mol. The molecule has 122 valence electrons. The monoisotopic (exact) mass is 392 g/mol. The van der Waals surface area contributed by atoms with Gasteiger partial charge in [0.25, 0.3) is 0 Å². The molecular formula is C20H13BrN2O2. The molecule has 1 heterocycles. The van der Waals surface area contributed by atoms with Crippen LogP contribution in [-0.4, -0.2) is 16.3 Å². The molecule has 0 radical (unpaired) electrons. The van der Waals surface area contributed by atoms with Gasteiger partial charge in [0.2, 0.25) is 5.89 Å². The Balaban J connectivity index is 1.67. The van der Waals surface area contributed by atoms with Gasteiger partial charge in [-0.05, 0) is 42.5 Å². The summed E-state index contributed by atoms with van der Waals surface area (Å²) in [4.78, 5) is 8.92. The zero-order valence-electron chi connectivity index (χ0n) is 13.1. The Kier molecular flexibility index (Phi) is 4.07. The van der Waals surface area contributed by atoms with Crippen molar-refractivity contribution in [3.05, 3.63) is 76.8 Å². The molecule has 4 nitrogen and oxygen atoms in total. The number of phenols is 1. The van der Waals surface area contributed by atoms with Crippen molar-refractivity contribution in [1.82, 2.24) is 4.98 Å². The Bertz CT molecular complexity index is 1070. The highest BCUT2D eigenvalue weighted by atomic mass is 79.9. The average Bonchev–Trinajstić information content (AvgIpc) is 3.06. The molecule has 25 heavy (non-hydrogen) atoms. The molecule has 0 saturated heterocycles. The summed E-state index contributed by atoms with van der Waals surface area (Å²) in [6.07, 6.45) is 1.62. The van der Waals surface area contributed by atoms with Crippen LogP contribution in [0.2, 0.25) is 0 Å². The highest BCUT2D eigenvalue weighted by Crippen LogP contribution is 2.27. The molecule has 0 atom stereocenters. The van der Waals surface area contributed by atoms with Crippen LogP contribution in [0, 0.1) is 0 Å². The lowest BCUT2D eigenvalue weighted by Gasteiger charge is -1.99. The maximum absolute atomic E-state index is 9.87. The van der Waals surface area contributed by atoms with Crippen LogP contribution >= 0.6 is 15.9 Å². The third kappa shape index (κ3) is 3.32. The van der Waals surface area contributed by atoms with E-state index in [-0.39, 0.29) is 5.75 Å². The van der Waals surface area contributed by atoms with Crippen molar-refractivity contribution in [2.24, 2.45) is 4.99 Å². The molecule has 0 unspecified atom stereocenters. The van der Waals surface area contributed by atoms with Gasteiger partial charge < -0.3 is 9.52 Å². The third-order valence-corrected chi connectivity index (χ3v) is 4.23. The SMILES string of the molecule is Oc1ccc(Br)cc1C=Nc1ccc2nc(-c3ccccc3)oc2c1. The van der Waals surface area contributed by atoms with Gasteiger partial charge in [-0.3, -0.25) is 4.99 Å². The standard InChI is InChI=1S/C20H13BrN2O2/c21-15-6-9-18(24)14(10-15)12-22-16-7-8-17-19(11-16)25-20(23-17)13-4-2-1-3-5-13/h1-12,24H. The van der Waals surface area contributed by atoms with Crippen LogP contribution in [0.25, 0.3) is 22.6 Å². The number of hydrogen-bond acceptors (Lipinski definition) is 4. The van der Waals surface area contributed by atoms with Crippen molar-refractivity contribution in [3.8, 4) is 17.2 Å². The zero-order chi connectivity index (χ0) is 17.2. The number of aliphatic imine (C=N–C) groups is 1. The van der Waals surface area contributed by atoms with Crippen LogP contribution in [0.4, 0.5) is 5.69 Å². The number of rotatable bonds is 3. The van der Waals surface area contributed by atoms with Gasteiger partial charge in [-0.25, -0.2) is 4.98 Å². The first-order chi connectivity index (χ1) is 12.2. The van der Waals surface area contributed by atoms with Gasteiger partial charge in [-0.2, -0.15) is 0 Å². The van der Waals surface area contributed by atoms with Crippen LogP contribution in [0.5, 0.6) is 5.75 Å². The second-order valence-corrected chi connectivity index (χ2v) is 6.41. The van der Waals surface area contributed by atoms with E-state index in [9.17, 15) is 5.11 Å². The summed E-state index contributed by atoms with van der Waals surface area (Å²) < 4.78 is 6.73. The first-order valence-electron chi connectivity index (χ1n) is 7.68. The van der Waals surface area contributed by atoms with E-state index < -0.39 is 0 Å². The Morgan fingerprint density at radius 1 is 1.00 bits per heavy atom. The van der Waals surface area contributed by atoms with Gasteiger partial charge >= 0.3 is 0 Å². The molecule has 0 amide bonds. The van der Waals surface area contributed by atoms with Crippen molar-refractivity contribution in [2.75, 3.05) is 0 Å². The summed E-state index contributed by atoms with van der Waals surface area (Å²) in [5, 5.41) is 9.87. The Morgan fingerprint density at radius 2 is 1.84 bits per heavy atom. The van der Waals surface area contributed by atoms with Gasteiger partial charge in [0.1, 0.15) is 11.3 Å². The van der Waals surface area contributed by atoms with Crippen molar-refractivity contribution >= 4 is 38.9 Å². The van der Waals surface area contributed by atoms with Gasteiger partial charge in [0, 0.05) is 27.9 Å². The molecule has 1 aromatic heterocycles. The number of aromatic nitrogens is 1. The number of halogens is 1. The molecule has 0 aliphatic rings. The summed E-state index contributed by atoms with van der Waals surface area (Å²) in [5.41, 5.74) is 3.75. The number of oxazole rings is 1. The lowest BCUT2D eigenvalue weighted by molar-refractivity contribution is 0.474. The predicted octanol–water partition coefficient (Wildman–Crippen LogP) is 5.71. The lowest BCUT2D eigenvalue weighted by atomic mass is 10.2. The maximum atomic E-state index is 9.87. The second kappa shape index (κ2) is 6.53. The predicted molar refractivity (Wildman–Crippen MR) is 103 cm³/mol. The summed E-state index contributed by atoms with van der Waals surface area (Å²) in [5.74, 6) is 0.764. The first-order valence-corrected chi connectivity index (χ1v) is 8.47. The van der Waals surface area contributed by atoms with Crippen molar-refractivity contribution in [1.29, 1.82) is 0 Å². The van der Waals surface area contributed by atoms with E-state index in [1.807, 2.05) is 48.5 Å². The molecule has 4 aromatic rings. The van der Waals surface area contributed by atoms with E-state index in [2.05, 4.69) is 25.9 Å². The summed E-state index contributed by atoms with van der Waals surface area (Å²) >= 11 is 3.38. The Labute approximate surface area is 152 Å². The highest BCUT2D eigenvalue weighted by Gasteiger charge is 2.08. The molecule has 1 N–H and O–H groups in total. The van der Waals surface area contributed by atoms with E-state index >= 15 is 0 Å². The maximum Gasteiger partial charge on any atom is 0.227 e. The number of fused-ring (bicyclic) bond motifs is 1. The second-order valence-electron chi connectivity index (χ2n) is 5.50.